The molecule has 0 aromatic carbocycles. The van der Waals surface area contributed by atoms with Crippen LogP contribution in [0.4, 0.5) is 0 Å². The molecule has 0 bridgehead atoms. The third-order valence-electron chi connectivity index (χ3n) is 2.68. The molecule has 0 atom stereocenters. The van der Waals surface area contributed by atoms with Crippen molar-refractivity contribution in [2.75, 3.05) is 0 Å². The SMILES string of the molecule is CC(C)(C)[B]c1cc2cn(C(C)(C)C)nc2cn1. The standard InChI is InChI=1S/C14H21BN3/c1-13(2,3)15-12-7-10-9-18(14(4,5)6)17-11(10)8-16-12/h7-9H,1-6H3. The van der Waals surface area contributed by atoms with Gasteiger partial charge in [-0.25, -0.2) is 0 Å². The maximum Gasteiger partial charge on any atom is 0.184 e. The molecule has 1 radical (unpaired) electrons. The van der Waals surface area contributed by atoms with Crippen LogP contribution in [-0.2, 0) is 5.54 Å². The maximum atomic E-state index is 4.56. The molecule has 4 heteroatoms. The van der Waals surface area contributed by atoms with Crippen LogP contribution < -0.4 is 5.59 Å². The Labute approximate surface area is 110 Å². The van der Waals surface area contributed by atoms with Crippen LogP contribution in [0, 0.1) is 0 Å². The van der Waals surface area contributed by atoms with Crippen molar-refractivity contribution in [3.05, 3.63) is 18.5 Å². The first-order valence-electron chi connectivity index (χ1n) is 6.37. The van der Waals surface area contributed by atoms with Crippen molar-refractivity contribution in [3.63, 3.8) is 0 Å². The molecule has 0 amide bonds. The second kappa shape index (κ2) is 4.11. The van der Waals surface area contributed by atoms with Gasteiger partial charge in [0.1, 0.15) is 5.52 Å². The molecule has 2 aromatic rings. The van der Waals surface area contributed by atoms with E-state index in [1.807, 2.05) is 10.9 Å². The van der Waals surface area contributed by atoms with Gasteiger partial charge in [0.25, 0.3) is 0 Å². The molecule has 0 aliphatic rings. The van der Waals surface area contributed by atoms with Crippen LogP contribution in [0.2, 0.25) is 5.31 Å². The number of nitrogens with zero attached hydrogens (tertiary/aromatic N) is 3. The maximum absolute atomic E-state index is 4.56. The van der Waals surface area contributed by atoms with E-state index < -0.39 is 0 Å². The summed E-state index contributed by atoms with van der Waals surface area (Å²) >= 11 is 0. The third kappa shape index (κ3) is 2.92. The van der Waals surface area contributed by atoms with Crippen molar-refractivity contribution in [1.82, 2.24) is 14.8 Å². The molecule has 0 aliphatic carbocycles. The Kier molecular flexibility index (Phi) is 3.00. The van der Waals surface area contributed by atoms with E-state index in [0.717, 1.165) is 16.5 Å². The van der Waals surface area contributed by atoms with Crippen molar-refractivity contribution < 1.29 is 0 Å². The summed E-state index contributed by atoms with van der Waals surface area (Å²) in [4.78, 5) is 4.46. The van der Waals surface area contributed by atoms with Gasteiger partial charge < -0.3 is 0 Å². The Bertz CT molecular complexity index is 558. The molecule has 0 fully saturated rings. The van der Waals surface area contributed by atoms with Gasteiger partial charge in [0.05, 0.1) is 11.7 Å². The Morgan fingerprint density at radius 2 is 1.78 bits per heavy atom. The molecule has 0 N–H and O–H groups in total. The molecule has 0 spiro atoms. The number of fused-ring (bicyclic) bond motifs is 1. The largest absolute Gasteiger partial charge is 0.270 e. The lowest BCUT2D eigenvalue weighted by Gasteiger charge is -2.18. The Hall–Kier alpha value is -1.32. The smallest absolute Gasteiger partial charge is 0.184 e. The molecule has 2 aromatic heterocycles. The first kappa shape index (κ1) is 13.1. The first-order chi connectivity index (χ1) is 8.15. The van der Waals surface area contributed by atoms with Crippen molar-refractivity contribution >= 4 is 23.8 Å². The Balaban J connectivity index is 2.40. The summed E-state index contributed by atoms with van der Waals surface area (Å²) in [6, 6.07) is 2.11. The monoisotopic (exact) mass is 242 g/mol. The quantitative estimate of drug-likeness (QED) is 0.720. The van der Waals surface area contributed by atoms with Crippen molar-refractivity contribution in [2.45, 2.75) is 52.4 Å². The zero-order valence-corrected chi connectivity index (χ0v) is 12.2. The number of aromatic nitrogens is 3. The number of pyridine rings is 1. The third-order valence-corrected chi connectivity index (χ3v) is 2.68. The molecule has 0 unspecified atom stereocenters. The van der Waals surface area contributed by atoms with Gasteiger partial charge in [0.2, 0.25) is 0 Å². The molecule has 0 saturated carbocycles. The van der Waals surface area contributed by atoms with E-state index in [0.29, 0.717) is 0 Å². The fourth-order valence-electron chi connectivity index (χ4n) is 1.81. The summed E-state index contributed by atoms with van der Waals surface area (Å²) in [5.74, 6) is 0. The summed E-state index contributed by atoms with van der Waals surface area (Å²) in [5.41, 5.74) is 1.98. The van der Waals surface area contributed by atoms with Gasteiger partial charge in [0, 0.05) is 11.6 Å². The fourth-order valence-corrected chi connectivity index (χ4v) is 1.81. The summed E-state index contributed by atoms with van der Waals surface area (Å²) in [7, 11) is 2.18. The molecular weight excluding hydrogens is 221 g/mol. The van der Waals surface area contributed by atoms with Gasteiger partial charge >= 0.3 is 0 Å². The van der Waals surface area contributed by atoms with Crippen LogP contribution in [0.3, 0.4) is 0 Å². The fraction of sp³-hybridized carbons (Fsp3) is 0.571. The normalized spacial score (nSPS) is 13.0. The molecule has 0 aliphatic heterocycles. The van der Waals surface area contributed by atoms with Gasteiger partial charge in [-0.2, -0.15) is 5.10 Å². The van der Waals surface area contributed by atoms with Gasteiger partial charge in [-0.3, -0.25) is 9.67 Å². The zero-order chi connectivity index (χ0) is 13.6. The lowest BCUT2D eigenvalue weighted by Crippen LogP contribution is -2.25. The van der Waals surface area contributed by atoms with Crippen LogP contribution in [0.15, 0.2) is 18.5 Å². The Morgan fingerprint density at radius 3 is 2.33 bits per heavy atom. The average Bonchev–Trinajstić information content (AvgIpc) is 2.57. The van der Waals surface area contributed by atoms with E-state index in [1.54, 1.807) is 0 Å². The topological polar surface area (TPSA) is 30.7 Å². The summed E-state index contributed by atoms with van der Waals surface area (Å²) < 4.78 is 2.00. The van der Waals surface area contributed by atoms with Crippen LogP contribution in [0.25, 0.3) is 10.9 Å². The second-order valence-corrected chi connectivity index (χ2v) is 6.92. The molecule has 2 heterocycles. The van der Waals surface area contributed by atoms with E-state index in [-0.39, 0.29) is 10.9 Å². The molecule has 2 rings (SSSR count). The Morgan fingerprint density at radius 1 is 1.11 bits per heavy atom. The number of rotatable bonds is 1. The highest BCUT2D eigenvalue weighted by Gasteiger charge is 2.17. The highest BCUT2D eigenvalue weighted by Crippen LogP contribution is 2.21. The van der Waals surface area contributed by atoms with Gasteiger partial charge in [-0.15, -0.1) is 0 Å². The van der Waals surface area contributed by atoms with Crippen molar-refractivity contribution in [1.29, 1.82) is 0 Å². The number of hydrogen-bond donors (Lipinski definition) is 0. The zero-order valence-electron chi connectivity index (χ0n) is 12.2. The minimum atomic E-state index is 0.00687. The van der Waals surface area contributed by atoms with Gasteiger partial charge in [-0.05, 0) is 32.4 Å². The van der Waals surface area contributed by atoms with E-state index in [4.69, 9.17) is 0 Å². The highest BCUT2D eigenvalue weighted by atomic mass is 15.3. The van der Waals surface area contributed by atoms with Crippen LogP contribution in [-0.4, -0.2) is 22.0 Å². The lowest BCUT2D eigenvalue weighted by atomic mass is 9.53. The van der Waals surface area contributed by atoms with Crippen LogP contribution in [0.1, 0.15) is 41.5 Å². The summed E-state index contributed by atoms with van der Waals surface area (Å²) in [6.45, 7) is 13.0. The predicted octanol–water partition coefficient (Wildman–Crippen LogP) is 2.73. The number of hydrogen-bond acceptors (Lipinski definition) is 2. The van der Waals surface area contributed by atoms with Gasteiger partial charge in [-0.1, -0.05) is 26.1 Å². The van der Waals surface area contributed by atoms with E-state index in [1.165, 1.54) is 0 Å². The summed E-state index contributed by atoms with van der Waals surface area (Å²) in [6.07, 6.45) is 3.95. The van der Waals surface area contributed by atoms with Crippen LogP contribution >= 0.6 is 0 Å². The minimum absolute atomic E-state index is 0.00687. The van der Waals surface area contributed by atoms with Crippen LogP contribution in [0.5, 0.6) is 0 Å². The first-order valence-corrected chi connectivity index (χ1v) is 6.37. The molecular formula is C14H21BN3. The van der Waals surface area contributed by atoms with Crippen molar-refractivity contribution in [3.8, 4) is 0 Å². The summed E-state index contributed by atoms with van der Waals surface area (Å²) in [5, 5.41) is 5.85. The molecule has 3 nitrogen and oxygen atoms in total. The van der Waals surface area contributed by atoms with Gasteiger partial charge in [0.15, 0.2) is 7.28 Å². The van der Waals surface area contributed by atoms with E-state index >= 15 is 0 Å². The minimum Gasteiger partial charge on any atom is -0.270 e. The molecule has 18 heavy (non-hydrogen) atoms. The lowest BCUT2D eigenvalue weighted by molar-refractivity contribution is 0.358. The molecule has 0 saturated heterocycles. The highest BCUT2D eigenvalue weighted by molar-refractivity contribution is 6.55. The average molecular weight is 242 g/mol. The predicted molar refractivity (Wildman–Crippen MR) is 77.6 cm³/mol. The second-order valence-electron chi connectivity index (χ2n) is 6.92. The molecule has 95 valence electrons. The van der Waals surface area contributed by atoms with E-state index in [2.05, 4.69) is 71.2 Å². The van der Waals surface area contributed by atoms with E-state index in [9.17, 15) is 0 Å². The van der Waals surface area contributed by atoms with Crippen molar-refractivity contribution in [2.24, 2.45) is 0 Å².